The van der Waals surface area contributed by atoms with Gasteiger partial charge in [0, 0.05) is 34.8 Å². The average molecular weight is 501 g/mol. The van der Waals surface area contributed by atoms with Crippen LogP contribution in [0.15, 0.2) is 87.5 Å². The Bertz CT molecular complexity index is 1690. The Hall–Kier alpha value is -4.39. The fourth-order valence-electron chi connectivity index (χ4n) is 3.64. The number of hydrogen-bond donors (Lipinski definition) is 2. The van der Waals surface area contributed by atoms with Crippen LogP contribution in [0.5, 0.6) is 0 Å². The first-order valence-corrected chi connectivity index (χ1v) is 11.4. The summed E-state index contributed by atoms with van der Waals surface area (Å²) in [6, 6.07) is 11.0. The molecule has 2 aromatic carbocycles. The summed E-state index contributed by atoms with van der Waals surface area (Å²) in [6.45, 7) is 0. The van der Waals surface area contributed by atoms with Crippen molar-refractivity contribution in [1.82, 2.24) is 19.9 Å². The third-order valence-corrected chi connectivity index (χ3v) is 6.58. The number of alkyl halides is 3. The first kappa shape index (κ1) is 22.4. The van der Waals surface area contributed by atoms with E-state index in [-0.39, 0.29) is 22.0 Å². The topological polar surface area (TPSA) is 123 Å². The fraction of sp³-hybridized carbons (Fsp3) is 0.0455. The molecule has 0 aliphatic rings. The zero-order valence-electron chi connectivity index (χ0n) is 17.4. The monoisotopic (exact) mass is 501 g/mol. The molecule has 0 saturated carbocycles. The molecule has 0 amide bonds. The number of aromatic amines is 1. The minimum atomic E-state index is -4.60. The molecule has 0 fully saturated rings. The Morgan fingerprint density at radius 2 is 1.86 bits per heavy atom. The second-order valence-corrected chi connectivity index (χ2v) is 9.12. The van der Waals surface area contributed by atoms with Crippen LogP contribution in [-0.4, -0.2) is 28.3 Å². The van der Waals surface area contributed by atoms with Gasteiger partial charge in [0.2, 0.25) is 0 Å². The molecular weight excluding hydrogens is 487 g/mol. The first-order chi connectivity index (χ1) is 16.6. The maximum absolute atomic E-state index is 13.4. The summed E-state index contributed by atoms with van der Waals surface area (Å²) in [5.74, 6) is -0.00965. The normalized spacial score (nSPS) is 12.2. The van der Waals surface area contributed by atoms with Gasteiger partial charge in [-0.2, -0.15) is 18.3 Å². The molecule has 0 radical (unpaired) electrons. The van der Waals surface area contributed by atoms with Crippen molar-refractivity contribution < 1.29 is 26.1 Å². The van der Waals surface area contributed by atoms with Crippen molar-refractivity contribution in [1.29, 1.82) is 0 Å². The maximum atomic E-state index is 13.4. The Kier molecular flexibility index (Phi) is 5.20. The van der Waals surface area contributed by atoms with E-state index in [0.29, 0.717) is 16.5 Å². The number of sulfonamides is 1. The molecule has 0 aliphatic heterocycles. The summed E-state index contributed by atoms with van der Waals surface area (Å²) in [6.07, 6.45) is -0.635. The van der Waals surface area contributed by atoms with E-state index < -0.39 is 27.3 Å². The minimum absolute atomic E-state index is 0.00965. The number of H-pyrrole nitrogens is 1. The lowest BCUT2D eigenvalue weighted by atomic mass is 10.0. The highest BCUT2D eigenvalue weighted by Gasteiger charge is 2.31. The highest BCUT2D eigenvalue weighted by Crippen LogP contribution is 2.35. The van der Waals surface area contributed by atoms with E-state index in [9.17, 15) is 26.4 Å². The van der Waals surface area contributed by atoms with Gasteiger partial charge in [-0.15, -0.1) is 0 Å². The van der Waals surface area contributed by atoms with E-state index in [0.717, 1.165) is 12.1 Å². The largest absolute Gasteiger partial charge is 0.416 e. The van der Waals surface area contributed by atoms with Crippen molar-refractivity contribution in [3.63, 3.8) is 0 Å². The first-order valence-electron chi connectivity index (χ1n) is 9.93. The van der Waals surface area contributed by atoms with E-state index in [4.69, 9.17) is 0 Å². The molecule has 5 rings (SSSR count). The maximum Gasteiger partial charge on any atom is 0.416 e. The van der Waals surface area contributed by atoms with Gasteiger partial charge >= 0.3 is 6.18 Å². The lowest BCUT2D eigenvalue weighted by molar-refractivity contribution is -0.137. The number of aromatic nitrogens is 4. The average Bonchev–Trinajstić information content (AvgIpc) is 3.52. The van der Waals surface area contributed by atoms with Crippen LogP contribution in [0, 0.1) is 0 Å². The van der Waals surface area contributed by atoms with Crippen LogP contribution in [-0.2, 0) is 16.2 Å². The number of benzene rings is 2. The second kappa shape index (κ2) is 8.13. The van der Waals surface area contributed by atoms with Crippen LogP contribution in [0.4, 0.5) is 19.0 Å². The van der Waals surface area contributed by atoms with Gasteiger partial charge in [0.15, 0.2) is 5.82 Å². The summed E-state index contributed by atoms with van der Waals surface area (Å²) in [5.41, 5.74) is -0.483. The summed E-state index contributed by atoms with van der Waals surface area (Å²) >= 11 is 0. The van der Waals surface area contributed by atoms with Crippen LogP contribution < -0.4 is 10.3 Å². The number of pyridine rings is 1. The van der Waals surface area contributed by atoms with Crippen LogP contribution in [0.1, 0.15) is 5.56 Å². The standard InChI is InChI=1S/C22H14F3N5O4S/c23-22(24,25)15-2-4-19(17(10-15)14-11-26-27-12-14)30-18-5-3-16(9-13(18)1-6-21(30)31)35(32,33)29-20-7-8-34-28-20/h1-12H,(H,26,27)(H,28,29). The Morgan fingerprint density at radius 3 is 2.54 bits per heavy atom. The molecule has 0 aliphatic carbocycles. The quantitative estimate of drug-likeness (QED) is 0.372. The van der Waals surface area contributed by atoms with Crippen LogP contribution in [0.2, 0.25) is 0 Å². The fourth-order valence-corrected chi connectivity index (χ4v) is 4.67. The number of nitrogens with zero attached hydrogens (tertiary/aromatic N) is 3. The van der Waals surface area contributed by atoms with Crippen molar-refractivity contribution in [3.05, 3.63) is 89.2 Å². The van der Waals surface area contributed by atoms with Gasteiger partial charge in [-0.3, -0.25) is 19.2 Å². The van der Waals surface area contributed by atoms with Gasteiger partial charge in [0.05, 0.1) is 27.9 Å². The summed E-state index contributed by atoms with van der Waals surface area (Å²) in [4.78, 5) is 12.8. The predicted molar refractivity (Wildman–Crippen MR) is 119 cm³/mol. The third kappa shape index (κ3) is 4.17. The predicted octanol–water partition coefficient (Wildman–Crippen LogP) is 4.19. The molecule has 3 aromatic heterocycles. The van der Waals surface area contributed by atoms with Crippen molar-refractivity contribution >= 4 is 26.7 Å². The lowest BCUT2D eigenvalue weighted by Crippen LogP contribution is -2.19. The van der Waals surface area contributed by atoms with Crippen molar-refractivity contribution in [3.8, 4) is 16.8 Å². The highest BCUT2D eigenvalue weighted by molar-refractivity contribution is 7.92. The van der Waals surface area contributed by atoms with E-state index >= 15 is 0 Å². The zero-order chi connectivity index (χ0) is 24.8. The van der Waals surface area contributed by atoms with E-state index in [2.05, 4.69) is 24.6 Å². The summed E-state index contributed by atoms with van der Waals surface area (Å²) in [5, 5.41) is 10.2. The minimum Gasteiger partial charge on any atom is -0.363 e. The third-order valence-electron chi connectivity index (χ3n) is 5.23. The van der Waals surface area contributed by atoms with Gasteiger partial charge < -0.3 is 4.52 Å². The number of nitrogens with one attached hydrogen (secondary N) is 2. The van der Waals surface area contributed by atoms with Gasteiger partial charge in [-0.25, -0.2) is 8.42 Å². The van der Waals surface area contributed by atoms with Crippen LogP contribution in [0.25, 0.3) is 27.7 Å². The van der Waals surface area contributed by atoms with Crippen LogP contribution in [0.3, 0.4) is 0 Å². The molecule has 13 heteroatoms. The van der Waals surface area contributed by atoms with Gasteiger partial charge in [0.25, 0.3) is 15.6 Å². The molecule has 0 spiro atoms. The SMILES string of the molecule is O=c1ccc2cc(S(=O)(=O)Nc3ccon3)ccc2n1-c1ccc(C(F)(F)F)cc1-c1cn[nH]c1. The van der Waals surface area contributed by atoms with Gasteiger partial charge in [-0.05, 0) is 42.5 Å². The number of hydrogen-bond acceptors (Lipinski definition) is 6. The Morgan fingerprint density at radius 1 is 1.03 bits per heavy atom. The molecule has 0 atom stereocenters. The van der Waals surface area contributed by atoms with Crippen molar-refractivity contribution in [2.75, 3.05) is 4.72 Å². The van der Waals surface area contributed by atoms with E-state index in [1.807, 2.05) is 0 Å². The molecular formula is C22H14F3N5O4S. The number of rotatable bonds is 5. The molecule has 3 heterocycles. The second-order valence-electron chi connectivity index (χ2n) is 7.43. The summed E-state index contributed by atoms with van der Waals surface area (Å²) in [7, 11) is -4.03. The number of anilines is 1. The molecule has 0 bridgehead atoms. The van der Waals surface area contributed by atoms with Gasteiger partial charge in [0.1, 0.15) is 6.26 Å². The van der Waals surface area contributed by atoms with Gasteiger partial charge in [-0.1, -0.05) is 5.16 Å². The smallest absolute Gasteiger partial charge is 0.363 e. The van der Waals surface area contributed by atoms with Crippen molar-refractivity contribution in [2.24, 2.45) is 0 Å². The Labute approximate surface area is 194 Å². The zero-order valence-corrected chi connectivity index (χ0v) is 18.3. The molecule has 9 nitrogen and oxygen atoms in total. The molecule has 0 saturated heterocycles. The number of halogens is 3. The molecule has 2 N–H and O–H groups in total. The highest BCUT2D eigenvalue weighted by atomic mass is 32.2. The lowest BCUT2D eigenvalue weighted by Gasteiger charge is -2.17. The van der Waals surface area contributed by atoms with Crippen LogP contribution >= 0.6 is 0 Å². The molecule has 5 aromatic rings. The number of fused-ring (bicyclic) bond motifs is 1. The van der Waals surface area contributed by atoms with E-state index in [1.165, 1.54) is 65.7 Å². The van der Waals surface area contributed by atoms with E-state index in [1.54, 1.807) is 0 Å². The molecule has 178 valence electrons. The van der Waals surface area contributed by atoms with Crippen molar-refractivity contribution in [2.45, 2.75) is 11.1 Å². The Balaban J connectivity index is 1.69. The molecule has 35 heavy (non-hydrogen) atoms. The molecule has 0 unspecified atom stereocenters. The summed E-state index contributed by atoms with van der Waals surface area (Å²) < 4.78 is 73.8.